The molecule has 0 saturated carbocycles. The molecule has 0 aromatic heterocycles. The zero-order valence-corrected chi connectivity index (χ0v) is 13.4. The van der Waals surface area contributed by atoms with Crippen molar-refractivity contribution in [3.63, 3.8) is 0 Å². The summed E-state index contributed by atoms with van der Waals surface area (Å²) in [5.74, 6) is 0. The summed E-state index contributed by atoms with van der Waals surface area (Å²) in [4.78, 5) is 2.72. The fourth-order valence-corrected chi connectivity index (χ4v) is 3.52. The van der Waals surface area contributed by atoms with Gasteiger partial charge in [0, 0.05) is 18.6 Å². The van der Waals surface area contributed by atoms with Crippen LogP contribution in [0, 0.1) is 6.92 Å². The molecular formula is C18H30N2. The lowest BCUT2D eigenvalue weighted by Gasteiger charge is -2.38. The quantitative estimate of drug-likeness (QED) is 0.846. The lowest BCUT2D eigenvalue weighted by Crippen LogP contribution is -2.43. The molecule has 1 aromatic carbocycles. The molecule has 0 radical (unpaired) electrons. The zero-order chi connectivity index (χ0) is 14.4. The lowest BCUT2D eigenvalue weighted by molar-refractivity contribution is 0.126. The Morgan fingerprint density at radius 3 is 2.80 bits per heavy atom. The van der Waals surface area contributed by atoms with Gasteiger partial charge < -0.3 is 5.32 Å². The summed E-state index contributed by atoms with van der Waals surface area (Å²) >= 11 is 0. The summed E-state index contributed by atoms with van der Waals surface area (Å²) in [5, 5.41) is 3.53. The number of rotatable bonds is 6. The van der Waals surface area contributed by atoms with Crippen LogP contribution in [0.4, 0.5) is 0 Å². The Bertz CT molecular complexity index is 400. The van der Waals surface area contributed by atoms with E-state index >= 15 is 0 Å². The maximum atomic E-state index is 3.53. The summed E-state index contributed by atoms with van der Waals surface area (Å²) in [5.41, 5.74) is 2.85. The summed E-state index contributed by atoms with van der Waals surface area (Å²) < 4.78 is 0. The predicted octanol–water partition coefficient (Wildman–Crippen LogP) is 3.91. The van der Waals surface area contributed by atoms with Crippen LogP contribution >= 0.6 is 0 Å². The van der Waals surface area contributed by atoms with Gasteiger partial charge in [-0.15, -0.1) is 0 Å². The molecule has 0 bridgehead atoms. The molecule has 2 heteroatoms. The largest absolute Gasteiger partial charge is 0.312 e. The van der Waals surface area contributed by atoms with Crippen molar-refractivity contribution in [2.24, 2.45) is 0 Å². The third kappa shape index (κ3) is 3.83. The Morgan fingerprint density at radius 2 is 2.10 bits per heavy atom. The van der Waals surface area contributed by atoms with Crippen molar-refractivity contribution in [3.8, 4) is 0 Å². The van der Waals surface area contributed by atoms with Gasteiger partial charge in [0.15, 0.2) is 0 Å². The zero-order valence-electron chi connectivity index (χ0n) is 13.4. The SMILES string of the molecule is CCCC1CCCCN1CC(NC)c1ccccc1C. The lowest BCUT2D eigenvalue weighted by atomic mass is 9.95. The molecule has 1 N–H and O–H groups in total. The van der Waals surface area contributed by atoms with Gasteiger partial charge >= 0.3 is 0 Å². The molecule has 1 fully saturated rings. The highest BCUT2D eigenvalue weighted by Crippen LogP contribution is 2.25. The Morgan fingerprint density at radius 1 is 1.30 bits per heavy atom. The molecule has 0 amide bonds. The van der Waals surface area contributed by atoms with Crippen LogP contribution < -0.4 is 5.32 Å². The van der Waals surface area contributed by atoms with Gasteiger partial charge in [0.05, 0.1) is 0 Å². The van der Waals surface area contributed by atoms with Crippen molar-refractivity contribution < 1.29 is 0 Å². The average molecular weight is 274 g/mol. The molecule has 1 aliphatic heterocycles. The van der Waals surface area contributed by atoms with E-state index < -0.39 is 0 Å². The highest BCUT2D eigenvalue weighted by Gasteiger charge is 2.24. The number of piperidine rings is 1. The molecule has 0 spiro atoms. The van der Waals surface area contributed by atoms with E-state index in [0.29, 0.717) is 6.04 Å². The molecule has 2 atom stereocenters. The molecule has 1 saturated heterocycles. The molecule has 20 heavy (non-hydrogen) atoms. The van der Waals surface area contributed by atoms with E-state index in [9.17, 15) is 0 Å². The Hall–Kier alpha value is -0.860. The molecular weight excluding hydrogens is 244 g/mol. The smallest absolute Gasteiger partial charge is 0.0449 e. The molecule has 1 heterocycles. The van der Waals surface area contributed by atoms with Gasteiger partial charge in [0.25, 0.3) is 0 Å². The van der Waals surface area contributed by atoms with E-state index in [0.717, 1.165) is 12.6 Å². The standard InChI is InChI=1S/C18H30N2/c1-4-9-16-11-7-8-13-20(16)14-18(19-3)17-12-6-5-10-15(17)2/h5-6,10,12,16,18-19H,4,7-9,11,13-14H2,1-3H3. The van der Waals surface area contributed by atoms with Gasteiger partial charge in [0.2, 0.25) is 0 Å². The Balaban J connectivity index is 2.06. The minimum absolute atomic E-state index is 0.452. The Kier molecular flexibility index (Phi) is 6.06. The number of aryl methyl sites for hydroxylation is 1. The third-order valence-electron chi connectivity index (χ3n) is 4.70. The number of likely N-dealkylation sites (N-methyl/N-ethyl adjacent to an activating group) is 1. The van der Waals surface area contributed by atoms with Crippen LogP contribution in [0.3, 0.4) is 0 Å². The topological polar surface area (TPSA) is 15.3 Å². The van der Waals surface area contributed by atoms with E-state index in [4.69, 9.17) is 0 Å². The van der Waals surface area contributed by atoms with E-state index in [2.05, 4.69) is 55.4 Å². The number of benzene rings is 1. The monoisotopic (exact) mass is 274 g/mol. The number of hydrogen-bond donors (Lipinski definition) is 1. The second-order valence-corrected chi connectivity index (χ2v) is 6.13. The number of hydrogen-bond acceptors (Lipinski definition) is 2. The van der Waals surface area contributed by atoms with Gasteiger partial charge in [-0.3, -0.25) is 4.90 Å². The van der Waals surface area contributed by atoms with Crippen molar-refractivity contribution in [2.45, 2.75) is 58.0 Å². The first-order valence-corrected chi connectivity index (χ1v) is 8.23. The summed E-state index contributed by atoms with van der Waals surface area (Å²) in [6.07, 6.45) is 6.82. The van der Waals surface area contributed by atoms with E-state index in [1.807, 2.05) is 0 Å². The third-order valence-corrected chi connectivity index (χ3v) is 4.70. The van der Waals surface area contributed by atoms with Crippen LogP contribution in [0.5, 0.6) is 0 Å². The maximum absolute atomic E-state index is 3.53. The second kappa shape index (κ2) is 7.80. The molecule has 0 aliphatic carbocycles. The van der Waals surface area contributed by atoms with E-state index in [-0.39, 0.29) is 0 Å². The van der Waals surface area contributed by atoms with Crippen LogP contribution in [-0.2, 0) is 0 Å². The number of likely N-dealkylation sites (tertiary alicyclic amines) is 1. The van der Waals surface area contributed by atoms with Gasteiger partial charge in [-0.1, -0.05) is 44.0 Å². The highest BCUT2D eigenvalue weighted by molar-refractivity contribution is 5.29. The van der Waals surface area contributed by atoms with Crippen molar-refractivity contribution in [1.82, 2.24) is 10.2 Å². The molecule has 1 aromatic rings. The molecule has 2 unspecified atom stereocenters. The van der Waals surface area contributed by atoms with Crippen molar-refractivity contribution in [3.05, 3.63) is 35.4 Å². The van der Waals surface area contributed by atoms with Crippen molar-refractivity contribution in [1.29, 1.82) is 0 Å². The summed E-state index contributed by atoms with van der Waals surface area (Å²) in [6, 6.07) is 10.0. The first kappa shape index (κ1) is 15.5. The van der Waals surface area contributed by atoms with Crippen LogP contribution in [0.25, 0.3) is 0 Å². The first-order chi connectivity index (χ1) is 9.76. The average Bonchev–Trinajstić information content (AvgIpc) is 2.47. The van der Waals surface area contributed by atoms with Gasteiger partial charge in [-0.25, -0.2) is 0 Å². The minimum atomic E-state index is 0.452. The fraction of sp³-hybridized carbons (Fsp3) is 0.667. The van der Waals surface area contributed by atoms with Crippen molar-refractivity contribution in [2.75, 3.05) is 20.1 Å². The van der Waals surface area contributed by atoms with Crippen LogP contribution in [0.15, 0.2) is 24.3 Å². The minimum Gasteiger partial charge on any atom is -0.312 e. The van der Waals surface area contributed by atoms with Crippen LogP contribution in [0.2, 0.25) is 0 Å². The van der Waals surface area contributed by atoms with Crippen LogP contribution in [-0.4, -0.2) is 31.1 Å². The highest BCUT2D eigenvalue weighted by atomic mass is 15.2. The normalized spacial score (nSPS) is 21.9. The van der Waals surface area contributed by atoms with Crippen LogP contribution in [0.1, 0.15) is 56.2 Å². The fourth-order valence-electron chi connectivity index (χ4n) is 3.52. The molecule has 2 nitrogen and oxygen atoms in total. The number of nitrogens with zero attached hydrogens (tertiary/aromatic N) is 1. The summed E-state index contributed by atoms with van der Waals surface area (Å²) in [6.45, 7) is 6.95. The Labute approximate surface area is 124 Å². The van der Waals surface area contributed by atoms with E-state index in [1.54, 1.807) is 0 Å². The van der Waals surface area contributed by atoms with Gasteiger partial charge in [-0.05, 0) is 50.9 Å². The number of nitrogens with one attached hydrogen (secondary N) is 1. The predicted molar refractivity (Wildman–Crippen MR) is 87.1 cm³/mol. The van der Waals surface area contributed by atoms with Gasteiger partial charge in [0.1, 0.15) is 0 Å². The molecule has 112 valence electrons. The molecule has 2 rings (SSSR count). The maximum Gasteiger partial charge on any atom is 0.0449 e. The van der Waals surface area contributed by atoms with Gasteiger partial charge in [-0.2, -0.15) is 0 Å². The molecule has 1 aliphatic rings. The van der Waals surface area contributed by atoms with Crippen molar-refractivity contribution >= 4 is 0 Å². The summed E-state index contributed by atoms with van der Waals surface area (Å²) in [7, 11) is 2.09. The first-order valence-electron chi connectivity index (χ1n) is 8.23. The van der Waals surface area contributed by atoms with E-state index in [1.165, 1.54) is 49.8 Å². The second-order valence-electron chi connectivity index (χ2n) is 6.13.